The molecular formula is C26H22F3N3O. The maximum Gasteiger partial charge on any atom is 0.416 e. The van der Waals surface area contributed by atoms with Crippen LogP contribution in [0.2, 0.25) is 0 Å². The third-order valence-electron chi connectivity index (χ3n) is 7.67. The van der Waals surface area contributed by atoms with Crippen molar-refractivity contribution < 1.29 is 17.6 Å². The first-order chi connectivity index (χ1) is 15.8. The van der Waals surface area contributed by atoms with Crippen LogP contribution >= 0.6 is 0 Å². The van der Waals surface area contributed by atoms with Gasteiger partial charge in [0, 0.05) is 34.9 Å². The Hall–Kier alpha value is -3.35. The first-order valence-corrected chi connectivity index (χ1v) is 11.1. The first kappa shape index (κ1) is 20.3. The summed E-state index contributed by atoms with van der Waals surface area (Å²) < 4.78 is 44.4. The van der Waals surface area contributed by atoms with E-state index >= 15 is 0 Å². The Morgan fingerprint density at radius 3 is 2.55 bits per heavy atom. The predicted molar refractivity (Wildman–Crippen MR) is 118 cm³/mol. The van der Waals surface area contributed by atoms with Gasteiger partial charge in [0.05, 0.1) is 11.1 Å². The van der Waals surface area contributed by atoms with Crippen LogP contribution in [0.3, 0.4) is 0 Å². The number of fused-ring (bicyclic) bond motifs is 5. The summed E-state index contributed by atoms with van der Waals surface area (Å²) in [5.41, 5.74) is 4.78. The molecule has 0 spiro atoms. The van der Waals surface area contributed by atoms with Crippen molar-refractivity contribution in [3.63, 3.8) is 0 Å². The standard InChI is InChI=1S/C26H22F3N3O/c1-3-25-15-24(25,2)32-13-5-4-6-21(32)19-14-17(9-12-20(19)25)23-31-30-22(33-23)16-7-10-18(11-8-16)26(27,28)29/h4-13H,3,14-15H2,1-2H3/t24-,25?/m0/s1. The van der Waals surface area contributed by atoms with E-state index in [9.17, 15) is 13.2 Å². The summed E-state index contributed by atoms with van der Waals surface area (Å²) >= 11 is 0. The Morgan fingerprint density at radius 2 is 1.82 bits per heavy atom. The molecule has 1 fully saturated rings. The van der Waals surface area contributed by atoms with E-state index in [1.54, 1.807) is 0 Å². The molecule has 4 aliphatic rings. The molecule has 1 aromatic carbocycles. The molecule has 2 aromatic rings. The number of halogens is 3. The second-order valence-corrected chi connectivity index (χ2v) is 9.26. The fraction of sp³-hybridized carbons (Fsp3) is 0.308. The highest BCUT2D eigenvalue weighted by Gasteiger charge is 2.70. The van der Waals surface area contributed by atoms with Gasteiger partial charge in [-0.05, 0) is 67.3 Å². The molecule has 3 heterocycles. The molecule has 1 saturated carbocycles. The first-order valence-electron chi connectivity index (χ1n) is 11.1. The molecule has 2 aliphatic carbocycles. The fourth-order valence-electron chi connectivity index (χ4n) is 5.78. The second kappa shape index (κ2) is 6.59. The Balaban J connectivity index is 1.35. The van der Waals surface area contributed by atoms with Gasteiger partial charge in [-0.15, -0.1) is 10.2 Å². The van der Waals surface area contributed by atoms with Gasteiger partial charge < -0.3 is 9.32 Å². The molecule has 168 valence electrons. The van der Waals surface area contributed by atoms with E-state index in [4.69, 9.17) is 4.42 Å². The van der Waals surface area contributed by atoms with Crippen molar-refractivity contribution in [3.05, 3.63) is 89.1 Å². The molecule has 6 rings (SSSR count). The number of benzene rings is 1. The minimum atomic E-state index is -4.38. The quantitative estimate of drug-likeness (QED) is 0.524. The number of allylic oxidation sites excluding steroid dienone is 7. The summed E-state index contributed by atoms with van der Waals surface area (Å²) in [4.78, 5) is 2.41. The third kappa shape index (κ3) is 2.77. The summed E-state index contributed by atoms with van der Waals surface area (Å²) in [6.07, 6.45) is 11.2. The van der Waals surface area contributed by atoms with Crippen molar-refractivity contribution >= 4 is 5.57 Å². The van der Waals surface area contributed by atoms with Crippen LogP contribution in [-0.2, 0) is 6.18 Å². The average molecular weight is 449 g/mol. The number of alkyl halides is 3. The molecule has 7 heteroatoms. The van der Waals surface area contributed by atoms with E-state index in [1.165, 1.54) is 29.0 Å². The van der Waals surface area contributed by atoms with Crippen LogP contribution < -0.4 is 0 Å². The van der Waals surface area contributed by atoms with Crippen molar-refractivity contribution in [2.24, 2.45) is 5.41 Å². The van der Waals surface area contributed by atoms with E-state index in [0.717, 1.165) is 30.5 Å². The van der Waals surface area contributed by atoms with Gasteiger partial charge >= 0.3 is 6.18 Å². The van der Waals surface area contributed by atoms with Crippen molar-refractivity contribution in [3.8, 4) is 11.5 Å². The fourth-order valence-corrected chi connectivity index (χ4v) is 5.78. The molecular weight excluding hydrogens is 427 g/mol. The van der Waals surface area contributed by atoms with Crippen LogP contribution in [0.1, 0.15) is 44.6 Å². The summed E-state index contributed by atoms with van der Waals surface area (Å²) in [5.74, 6) is 0.600. The van der Waals surface area contributed by atoms with Crippen LogP contribution in [-0.4, -0.2) is 20.6 Å². The Kier molecular flexibility index (Phi) is 4.05. The van der Waals surface area contributed by atoms with Crippen molar-refractivity contribution in [1.82, 2.24) is 15.1 Å². The maximum absolute atomic E-state index is 12.8. The highest BCUT2D eigenvalue weighted by molar-refractivity contribution is 5.73. The summed E-state index contributed by atoms with van der Waals surface area (Å²) in [6, 6.07) is 4.76. The van der Waals surface area contributed by atoms with Gasteiger partial charge in [0.25, 0.3) is 0 Å². The smallest absolute Gasteiger partial charge is 0.416 e. The van der Waals surface area contributed by atoms with E-state index in [1.807, 2.05) is 0 Å². The Bertz CT molecular complexity index is 1310. The molecule has 4 nitrogen and oxygen atoms in total. The van der Waals surface area contributed by atoms with E-state index < -0.39 is 11.7 Å². The molecule has 0 saturated heterocycles. The van der Waals surface area contributed by atoms with Crippen LogP contribution in [0.5, 0.6) is 0 Å². The molecule has 2 aliphatic heterocycles. The van der Waals surface area contributed by atoms with Gasteiger partial charge in [0.15, 0.2) is 0 Å². The van der Waals surface area contributed by atoms with Crippen LogP contribution in [0.4, 0.5) is 13.2 Å². The number of rotatable bonds is 3. The topological polar surface area (TPSA) is 42.2 Å². The zero-order valence-electron chi connectivity index (χ0n) is 18.3. The minimum absolute atomic E-state index is 0.0965. The highest BCUT2D eigenvalue weighted by atomic mass is 19.4. The second-order valence-electron chi connectivity index (χ2n) is 9.26. The lowest BCUT2D eigenvalue weighted by molar-refractivity contribution is -0.137. The molecule has 0 bridgehead atoms. The minimum Gasteiger partial charge on any atom is -0.416 e. The molecule has 2 atom stereocenters. The lowest BCUT2D eigenvalue weighted by Crippen LogP contribution is -2.41. The summed E-state index contributed by atoms with van der Waals surface area (Å²) in [6.45, 7) is 4.59. The van der Waals surface area contributed by atoms with Crippen LogP contribution in [0.25, 0.3) is 17.0 Å². The largest absolute Gasteiger partial charge is 0.416 e. The third-order valence-corrected chi connectivity index (χ3v) is 7.67. The normalized spacial score (nSPS) is 27.6. The van der Waals surface area contributed by atoms with Crippen LogP contribution in [0, 0.1) is 5.41 Å². The van der Waals surface area contributed by atoms with Gasteiger partial charge in [-0.2, -0.15) is 13.2 Å². The molecule has 0 N–H and O–H groups in total. The lowest BCUT2D eigenvalue weighted by Gasteiger charge is -2.43. The van der Waals surface area contributed by atoms with E-state index in [-0.39, 0.29) is 16.8 Å². The molecule has 33 heavy (non-hydrogen) atoms. The van der Waals surface area contributed by atoms with Gasteiger partial charge in [-0.1, -0.05) is 25.2 Å². The van der Waals surface area contributed by atoms with Gasteiger partial charge in [0.1, 0.15) is 0 Å². The number of hydrogen-bond donors (Lipinski definition) is 0. The number of nitrogens with zero attached hydrogens (tertiary/aromatic N) is 3. The van der Waals surface area contributed by atoms with Crippen molar-refractivity contribution in [2.45, 2.75) is 44.8 Å². The lowest BCUT2D eigenvalue weighted by atomic mass is 9.74. The maximum atomic E-state index is 12.8. The average Bonchev–Trinajstić information content (AvgIpc) is 3.20. The zero-order valence-corrected chi connectivity index (χ0v) is 18.3. The van der Waals surface area contributed by atoms with Crippen molar-refractivity contribution in [1.29, 1.82) is 0 Å². The monoisotopic (exact) mass is 449 g/mol. The van der Waals surface area contributed by atoms with Gasteiger partial charge in [-0.3, -0.25) is 0 Å². The molecule has 1 aromatic heterocycles. The zero-order chi connectivity index (χ0) is 23.0. The Morgan fingerprint density at radius 1 is 1.06 bits per heavy atom. The number of aromatic nitrogens is 2. The molecule has 0 radical (unpaired) electrons. The summed E-state index contributed by atoms with van der Waals surface area (Å²) in [7, 11) is 0. The van der Waals surface area contributed by atoms with Gasteiger partial charge in [-0.25, -0.2) is 0 Å². The summed E-state index contributed by atoms with van der Waals surface area (Å²) in [5, 5.41) is 8.30. The van der Waals surface area contributed by atoms with Crippen LogP contribution in [0.15, 0.2) is 82.1 Å². The Labute approximate surface area is 189 Å². The van der Waals surface area contributed by atoms with Gasteiger partial charge in [0.2, 0.25) is 11.8 Å². The van der Waals surface area contributed by atoms with E-state index in [2.05, 4.69) is 65.5 Å². The molecule has 1 unspecified atom stereocenters. The predicted octanol–water partition coefficient (Wildman–Crippen LogP) is 6.68. The SMILES string of the molecule is CCC12C[C@]1(C)N1C=CC=CC1=C1CC(c3nnc(-c4ccc(C(F)(F)F)cc4)o3)=CC=C12. The van der Waals surface area contributed by atoms with E-state index in [0.29, 0.717) is 17.9 Å². The van der Waals surface area contributed by atoms with Crippen molar-refractivity contribution in [2.75, 3.05) is 0 Å². The highest BCUT2D eigenvalue weighted by Crippen LogP contribution is 2.72. The number of hydrogen-bond acceptors (Lipinski definition) is 4. The molecule has 0 amide bonds.